The molecule has 0 radical (unpaired) electrons. The maximum Gasteiger partial charge on any atom is 0.260 e. The number of anilines is 1. The van der Waals surface area contributed by atoms with E-state index in [0.717, 1.165) is 22.2 Å². The van der Waals surface area contributed by atoms with Gasteiger partial charge in [-0.05, 0) is 41.5 Å². The van der Waals surface area contributed by atoms with E-state index in [1.165, 1.54) is 4.79 Å². The minimum atomic E-state index is 0.198. The summed E-state index contributed by atoms with van der Waals surface area (Å²) in [5.74, 6) is 1.63. The predicted molar refractivity (Wildman–Crippen MR) is 86.4 cm³/mol. The quantitative estimate of drug-likeness (QED) is 0.732. The summed E-state index contributed by atoms with van der Waals surface area (Å²) in [6.45, 7) is 5.68. The third kappa shape index (κ3) is 4.00. The van der Waals surface area contributed by atoms with Crippen molar-refractivity contribution in [2.45, 2.75) is 26.8 Å². The van der Waals surface area contributed by atoms with Crippen LogP contribution in [-0.2, 0) is 6.54 Å². The molecule has 8 nitrogen and oxygen atoms in total. The van der Waals surface area contributed by atoms with E-state index in [4.69, 9.17) is 15.2 Å². The summed E-state index contributed by atoms with van der Waals surface area (Å²) in [6.07, 6.45) is 0.936. The number of rotatable bonds is 8. The Morgan fingerprint density at radius 1 is 1.27 bits per heavy atom. The van der Waals surface area contributed by atoms with Crippen molar-refractivity contribution in [3.8, 4) is 11.5 Å². The fourth-order valence-electron chi connectivity index (χ4n) is 1.77. The van der Waals surface area contributed by atoms with E-state index in [2.05, 4.69) is 43.8 Å². The number of nitrogen functional groups attached to an aromatic ring is 1. The van der Waals surface area contributed by atoms with Gasteiger partial charge in [0, 0.05) is 4.47 Å². The molecule has 3 N–H and O–H groups in total. The molecule has 0 saturated carbocycles. The molecule has 0 aliphatic carbocycles. The van der Waals surface area contributed by atoms with Crippen molar-refractivity contribution >= 4 is 21.9 Å². The second-order valence-electron chi connectivity index (χ2n) is 4.46. The van der Waals surface area contributed by atoms with Crippen molar-refractivity contribution in [3.63, 3.8) is 0 Å². The zero-order chi connectivity index (χ0) is 15.9. The molecule has 0 bridgehead atoms. The van der Waals surface area contributed by atoms with Crippen LogP contribution in [0.5, 0.6) is 11.5 Å². The highest BCUT2D eigenvalue weighted by Gasteiger charge is 2.11. The van der Waals surface area contributed by atoms with Gasteiger partial charge in [0.15, 0.2) is 11.5 Å². The van der Waals surface area contributed by atoms with Gasteiger partial charge in [0.2, 0.25) is 0 Å². The standard InChI is InChI=1S/C13H19BrN6O2/c1-3-5-22-12-7-10(14)9(6-11(12)21-4-2)8-16-20-13(15)17-18-19-20/h6-7,16H,3-5,8H2,1-2H3,(H2,15,17,19). The van der Waals surface area contributed by atoms with E-state index in [1.807, 2.05) is 19.1 Å². The first-order valence-corrected chi connectivity index (χ1v) is 7.80. The average molecular weight is 371 g/mol. The summed E-state index contributed by atoms with van der Waals surface area (Å²) < 4.78 is 12.3. The molecule has 0 saturated heterocycles. The molecular weight excluding hydrogens is 352 g/mol. The van der Waals surface area contributed by atoms with Crippen molar-refractivity contribution in [3.05, 3.63) is 22.2 Å². The fraction of sp³-hybridized carbons (Fsp3) is 0.462. The zero-order valence-electron chi connectivity index (χ0n) is 12.5. The van der Waals surface area contributed by atoms with Crippen LogP contribution in [0, 0.1) is 0 Å². The molecule has 1 heterocycles. The van der Waals surface area contributed by atoms with Gasteiger partial charge < -0.3 is 20.6 Å². The lowest BCUT2D eigenvalue weighted by Crippen LogP contribution is -2.18. The molecule has 0 aliphatic heterocycles. The number of benzene rings is 1. The molecular formula is C13H19BrN6O2. The molecule has 0 aliphatic rings. The first-order valence-electron chi connectivity index (χ1n) is 7.01. The van der Waals surface area contributed by atoms with Gasteiger partial charge in [0.05, 0.1) is 19.8 Å². The Labute approximate surface area is 137 Å². The van der Waals surface area contributed by atoms with Crippen LogP contribution in [0.4, 0.5) is 5.95 Å². The SMILES string of the molecule is CCCOc1cc(Br)c(CNn2nnnc2N)cc1OCC. The normalized spacial score (nSPS) is 10.5. The number of ether oxygens (including phenoxy) is 2. The summed E-state index contributed by atoms with van der Waals surface area (Å²) in [7, 11) is 0. The van der Waals surface area contributed by atoms with Crippen LogP contribution in [0.1, 0.15) is 25.8 Å². The van der Waals surface area contributed by atoms with E-state index in [1.54, 1.807) is 0 Å². The Morgan fingerprint density at radius 2 is 2.05 bits per heavy atom. The minimum Gasteiger partial charge on any atom is -0.490 e. The summed E-state index contributed by atoms with van der Waals surface area (Å²) in [4.78, 5) is 1.31. The van der Waals surface area contributed by atoms with Gasteiger partial charge in [-0.15, -0.1) is 4.79 Å². The number of nitrogens with one attached hydrogen (secondary N) is 1. The molecule has 2 rings (SSSR count). The van der Waals surface area contributed by atoms with E-state index in [0.29, 0.717) is 25.5 Å². The van der Waals surface area contributed by atoms with Gasteiger partial charge in [0.1, 0.15) is 0 Å². The van der Waals surface area contributed by atoms with Crippen LogP contribution in [0.3, 0.4) is 0 Å². The first kappa shape index (κ1) is 16.3. The van der Waals surface area contributed by atoms with Crippen LogP contribution in [0.25, 0.3) is 0 Å². The smallest absolute Gasteiger partial charge is 0.260 e. The zero-order valence-corrected chi connectivity index (χ0v) is 14.1. The summed E-state index contributed by atoms with van der Waals surface area (Å²) in [6, 6.07) is 3.83. The third-order valence-electron chi connectivity index (χ3n) is 2.79. The summed E-state index contributed by atoms with van der Waals surface area (Å²) in [5.41, 5.74) is 9.59. The highest BCUT2D eigenvalue weighted by atomic mass is 79.9. The van der Waals surface area contributed by atoms with Crippen LogP contribution in [-0.4, -0.2) is 33.5 Å². The van der Waals surface area contributed by atoms with Gasteiger partial charge in [-0.3, -0.25) is 0 Å². The Hall–Kier alpha value is -2.03. The van der Waals surface area contributed by atoms with Crippen molar-refractivity contribution < 1.29 is 9.47 Å². The van der Waals surface area contributed by atoms with Crippen molar-refractivity contribution in [2.24, 2.45) is 0 Å². The molecule has 22 heavy (non-hydrogen) atoms. The predicted octanol–water partition coefficient (Wildman–Crippen LogP) is 1.95. The first-order chi connectivity index (χ1) is 10.7. The number of nitrogens with zero attached hydrogens (tertiary/aromatic N) is 4. The average Bonchev–Trinajstić information content (AvgIpc) is 2.91. The molecule has 120 valence electrons. The number of halogens is 1. The number of nitrogens with two attached hydrogens (primary N) is 1. The highest BCUT2D eigenvalue weighted by molar-refractivity contribution is 9.10. The molecule has 2 aromatic rings. The van der Waals surface area contributed by atoms with E-state index >= 15 is 0 Å². The maximum atomic E-state index is 5.71. The van der Waals surface area contributed by atoms with Crippen molar-refractivity contribution in [1.82, 2.24) is 20.3 Å². The van der Waals surface area contributed by atoms with Crippen LogP contribution in [0.15, 0.2) is 16.6 Å². The summed E-state index contributed by atoms with van der Waals surface area (Å²) in [5, 5.41) is 10.8. The Balaban J connectivity index is 2.16. The maximum absolute atomic E-state index is 5.71. The monoisotopic (exact) mass is 370 g/mol. The molecule has 9 heteroatoms. The van der Waals surface area contributed by atoms with Crippen LogP contribution < -0.4 is 20.6 Å². The van der Waals surface area contributed by atoms with E-state index in [-0.39, 0.29) is 5.95 Å². The Morgan fingerprint density at radius 3 is 2.68 bits per heavy atom. The van der Waals surface area contributed by atoms with E-state index < -0.39 is 0 Å². The molecule has 1 aromatic carbocycles. The second kappa shape index (κ2) is 7.83. The Bertz CT molecular complexity index is 619. The molecule has 0 amide bonds. The number of hydrogen-bond donors (Lipinski definition) is 2. The summed E-state index contributed by atoms with van der Waals surface area (Å²) >= 11 is 3.54. The van der Waals surface area contributed by atoms with Gasteiger partial charge >= 0.3 is 0 Å². The second-order valence-corrected chi connectivity index (χ2v) is 5.31. The molecule has 1 aromatic heterocycles. The lowest BCUT2D eigenvalue weighted by Gasteiger charge is -2.15. The van der Waals surface area contributed by atoms with Gasteiger partial charge in [0.25, 0.3) is 5.95 Å². The lowest BCUT2D eigenvalue weighted by atomic mass is 10.2. The molecule has 0 fully saturated rings. The molecule has 0 atom stereocenters. The highest BCUT2D eigenvalue weighted by Crippen LogP contribution is 2.34. The number of tetrazole rings is 1. The fourth-order valence-corrected chi connectivity index (χ4v) is 2.24. The van der Waals surface area contributed by atoms with Crippen LogP contribution in [0.2, 0.25) is 0 Å². The van der Waals surface area contributed by atoms with Gasteiger partial charge in [-0.25, -0.2) is 0 Å². The van der Waals surface area contributed by atoms with Gasteiger partial charge in [-0.2, -0.15) is 0 Å². The van der Waals surface area contributed by atoms with Crippen LogP contribution >= 0.6 is 15.9 Å². The largest absolute Gasteiger partial charge is 0.490 e. The lowest BCUT2D eigenvalue weighted by molar-refractivity contribution is 0.276. The molecule has 0 unspecified atom stereocenters. The topological polar surface area (TPSA) is 100 Å². The molecule has 0 spiro atoms. The minimum absolute atomic E-state index is 0.198. The van der Waals surface area contributed by atoms with E-state index in [9.17, 15) is 0 Å². The third-order valence-corrected chi connectivity index (χ3v) is 3.53. The van der Waals surface area contributed by atoms with Gasteiger partial charge in [-0.1, -0.05) is 28.0 Å². The van der Waals surface area contributed by atoms with Crippen molar-refractivity contribution in [1.29, 1.82) is 0 Å². The number of aromatic nitrogens is 4. The van der Waals surface area contributed by atoms with Crippen molar-refractivity contribution in [2.75, 3.05) is 24.4 Å². The number of hydrogen-bond acceptors (Lipinski definition) is 7. The Kier molecular flexibility index (Phi) is 5.82.